The molecule has 0 spiro atoms. The van der Waals surface area contributed by atoms with Crippen LogP contribution in [0.15, 0.2) is 0 Å². The standard InChI is InChI=1S/C11H19N3O2S/c1-3-4-5-6-9(15)12-11-14-13-10(17-11)7-8-16-2/h3-8H2,1-2H3,(H,12,14,15). The third kappa shape index (κ3) is 5.74. The van der Waals surface area contributed by atoms with Crippen LogP contribution in [0.4, 0.5) is 5.13 Å². The van der Waals surface area contributed by atoms with Crippen LogP contribution < -0.4 is 5.32 Å². The van der Waals surface area contributed by atoms with Gasteiger partial charge in [-0.1, -0.05) is 31.1 Å². The van der Waals surface area contributed by atoms with Crippen molar-refractivity contribution in [2.45, 2.75) is 39.0 Å². The highest BCUT2D eigenvalue weighted by Gasteiger charge is 2.07. The Morgan fingerprint density at radius 2 is 2.24 bits per heavy atom. The zero-order chi connectivity index (χ0) is 12.5. The van der Waals surface area contributed by atoms with Crippen molar-refractivity contribution >= 4 is 22.4 Å². The maximum atomic E-state index is 11.5. The average Bonchev–Trinajstić information content (AvgIpc) is 2.74. The van der Waals surface area contributed by atoms with E-state index in [1.807, 2.05) is 0 Å². The average molecular weight is 257 g/mol. The van der Waals surface area contributed by atoms with Crippen molar-refractivity contribution in [2.24, 2.45) is 0 Å². The molecule has 96 valence electrons. The van der Waals surface area contributed by atoms with E-state index in [9.17, 15) is 4.79 Å². The summed E-state index contributed by atoms with van der Waals surface area (Å²) in [6, 6.07) is 0. The van der Waals surface area contributed by atoms with Gasteiger partial charge in [0.25, 0.3) is 0 Å². The molecule has 0 aromatic carbocycles. The van der Waals surface area contributed by atoms with Gasteiger partial charge in [0.05, 0.1) is 6.61 Å². The molecule has 6 heteroatoms. The second-order valence-corrected chi connectivity index (χ2v) is 4.81. The molecule has 0 saturated carbocycles. The maximum Gasteiger partial charge on any atom is 0.226 e. The Labute approximate surface area is 106 Å². The molecule has 0 saturated heterocycles. The molecule has 1 N–H and O–H groups in total. The van der Waals surface area contributed by atoms with Gasteiger partial charge >= 0.3 is 0 Å². The lowest BCUT2D eigenvalue weighted by molar-refractivity contribution is -0.116. The van der Waals surface area contributed by atoms with Gasteiger partial charge in [0.1, 0.15) is 5.01 Å². The zero-order valence-corrected chi connectivity index (χ0v) is 11.2. The fraction of sp³-hybridized carbons (Fsp3) is 0.727. The van der Waals surface area contributed by atoms with Crippen molar-refractivity contribution in [3.8, 4) is 0 Å². The number of rotatable bonds is 8. The molecule has 17 heavy (non-hydrogen) atoms. The number of aromatic nitrogens is 2. The Morgan fingerprint density at radius 3 is 2.94 bits per heavy atom. The Kier molecular flexibility index (Phi) is 6.73. The fourth-order valence-electron chi connectivity index (χ4n) is 1.31. The lowest BCUT2D eigenvalue weighted by Gasteiger charge is -1.99. The molecule has 1 aromatic rings. The highest BCUT2D eigenvalue weighted by Crippen LogP contribution is 2.16. The summed E-state index contributed by atoms with van der Waals surface area (Å²) in [7, 11) is 1.65. The van der Waals surface area contributed by atoms with Gasteiger partial charge < -0.3 is 10.1 Å². The number of ether oxygens (including phenoxy) is 1. The number of methoxy groups -OCH3 is 1. The van der Waals surface area contributed by atoms with Gasteiger partial charge in [0.2, 0.25) is 11.0 Å². The van der Waals surface area contributed by atoms with Crippen LogP contribution in [0.25, 0.3) is 0 Å². The van der Waals surface area contributed by atoms with E-state index in [2.05, 4.69) is 22.4 Å². The lowest BCUT2D eigenvalue weighted by atomic mass is 10.2. The number of nitrogens with one attached hydrogen (secondary N) is 1. The minimum Gasteiger partial charge on any atom is -0.384 e. The quantitative estimate of drug-likeness (QED) is 0.725. The molecule has 0 atom stereocenters. The number of unbranched alkanes of at least 4 members (excludes halogenated alkanes) is 2. The first kappa shape index (κ1) is 14.1. The molecule has 0 aliphatic carbocycles. The third-order valence-corrected chi connectivity index (χ3v) is 3.14. The van der Waals surface area contributed by atoms with Crippen molar-refractivity contribution in [1.82, 2.24) is 10.2 Å². The molecule has 0 radical (unpaired) electrons. The first-order valence-electron chi connectivity index (χ1n) is 5.87. The first-order chi connectivity index (χ1) is 8.26. The van der Waals surface area contributed by atoms with E-state index in [1.165, 1.54) is 11.3 Å². The number of hydrogen-bond donors (Lipinski definition) is 1. The number of nitrogens with zero attached hydrogens (tertiary/aromatic N) is 2. The zero-order valence-electron chi connectivity index (χ0n) is 10.4. The van der Waals surface area contributed by atoms with E-state index in [0.29, 0.717) is 18.2 Å². The molecule has 5 nitrogen and oxygen atoms in total. The summed E-state index contributed by atoms with van der Waals surface area (Å²) in [6.45, 7) is 2.74. The van der Waals surface area contributed by atoms with Crippen molar-refractivity contribution in [1.29, 1.82) is 0 Å². The third-order valence-electron chi connectivity index (χ3n) is 2.24. The van der Waals surface area contributed by atoms with Crippen molar-refractivity contribution in [3.63, 3.8) is 0 Å². The van der Waals surface area contributed by atoms with E-state index in [-0.39, 0.29) is 5.91 Å². The van der Waals surface area contributed by atoms with Crippen LogP contribution in [-0.2, 0) is 16.0 Å². The highest BCUT2D eigenvalue weighted by atomic mass is 32.1. The molecule has 1 rings (SSSR count). The van der Waals surface area contributed by atoms with Crippen molar-refractivity contribution in [3.05, 3.63) is 5.01 Å². The van der Waals surface area contributed by atoms with Crippen LogP contribution in [0.2, 0.25) is 0 Å². The van der Waals surface area contributed by atoms with Crippen molar-refractivity contribution in [2.75, 3.05) is 19.0 Å². The number of carbonyl (C=O) groups is 1. The van der Waals surface area contributed by atoms with Gasteiger partial charge in [-0.05, 0) is 6.42 Å². The summed E-state index contributed by atoms with van der Waals surface area (Å²) in [4.78, 5) is 11.5. The summed E-state index contributed by atoms with van der Waals surface area (Å²) in [5, 5.41) is 12.1. The molecule has 0 unspecified atom stereocenters. The molecule has 1 amide bonds. The molecule has 0 aliphatic heterocycles. The molecule has 0 fully saturated rings. The predicted octanol–water partition coefficient (Wildman–Crippen LogP) is 2.25. The van der Waals surface area contributed by atoms with Gasteiger partial charge in [-0.25, -0.2) is 0 Å². The van der Waals surface area contributed by atoms with Gasteiger partial charge in [-0.15, -0.1) is 10.2 Å². The molecule has 0 aliphatic rings. The maximum absolute atomic E-state index is 11.5. The second-order valence-electron chi connectivity index (χ2n) is 3.75. The van der Waals surface area contributed by atoms with E-state index in [0.717, 1.165) is 30.7 Å². The monoisotopic (exact) mass is 257 g/mol. The fourth-order valence-corrected chi connectivity index (χ4v) is 2.05. The van der Waals surface area contributed by atoms with E-state index >= 15 is 0 Å². The molecule has 0 bridgehead atoms. The number of amides is 1. The Bertz CT molecular complexity index is 341. The Hall–Kier alpha value is -1.01. The summed E-state index contributed by atoms with van der Waals surface area (Å²) in [5.74, 6) is 0.0212. The number of carbonyl (C=O) groups excluding carboxylic acids is 1. The predicted molar refractivity (Wildman–Crippen MR) is 68.3 cm³/mol. The van der Waals surface area contributed by atoms with E-state index in [1.54, 1.807) is 7.11 Å². The van der Waals surface area contributed by atoms with Crippen LogP contribution in [0, 0.1) is 0 Å². The summed E-state index contributed by atoms with van der Waals surface area (Å²) in [6.07, 6.45) is 4.42. The van der Waals surface area contributed by atoms with E-state index in [4.69, 9.17) is 4.74 Å². The van der Waals surface area contributed by atoms with Crippen molar-refractivity contribution < 1.29 is 9.53 Å². The number of hydrogen-bond acceptors (Lipinski definition) is 5. The van der Waals surface area contributed by atoms with Crippen LogP contribution in [0.5, 0.6) is 0 Å². The molecule has 1 aromatic heterocycles. The summed E-state index contributed by atoms with van der Waals surface area (Å²) in [5.41, 5.74) is 0. The first-order valence-corrected chi connectivity index (χ1v) is 6.69. The van der Waals surface area contributed by atoms with Gasteiger partial charge in [-0.3, -0.25) is 4.79 Å². The Balaban J connectivity index is 2.30. The SMILES string of the molecule is CCCCCC(=O)Nc1nnc(CCOC)s1. The Morgan fingerprint density at radius 1 is 1.41 bits per heavy atom. The summed E-state index contributed by atoms with van der Waals surface area (Å²) < 4.78 is 4.95. The minimum absolute atomic E-state index is 0.0212. The van der Waals surface area contributed by atoms with Crippen LogP contribution >= 0.6 is 11.3 Å². The van der Waals surface area contributed by atoms with E-state index < -0.39 is 0 Å². The smallest absolute Gasteiger partial charge is 0.226 e. The number of anilines is 1. The van der Waals surface area contributed by atoms with Gasteiger partial charge in [0, 0.05) is 20.0 Å². The highest BCUT2D eigenvalue weighted by molar-refractivity contribution is 7.15. The summed E-state index contributed by atoms with van der Waals surface area (Å²) >= 11 is 1.41. The molecule has 1 heterocycles. The van der Waals surface area contributed by atoms with Crippen LogP contribution in [0.1, 0.15) is 37.6 Å². The van der Waals surface area contributed by atoms with Gasteiger partial charge in [-0.2, -0.15) is 0 Å². The molecular weight excluding hydrogens is 238 g/mol. The normalized spacial score (nSPS) is 10.5. The molecular formula is C11H19N3O2S. The van der Waals surface area contributed by atoms with Crippen LogP contribution in [-0.4, -0.2) is 29.8 Å². The van der Waals surface area contributed by atoms with Gasteiger partial charge in [0.15, 0.2) is 0 Å². The largest absolute Gasteiger partial charge is 0.384 e. The second kappa shape index (κ2) is 8.14. The van der Waals surface area contributed by atoms with Crippen LogP contribution in [0.3, 0.4) is 0 Å². The minimum atomic E-state index is 0.0212. The topological polar surface area (TPSA) is 64.1 Å². The lowest BCUT2D eigenvalue weighted by Crippen LogP contribution is -2.10.